The average molecular weight is 256 g/mol. The van der Waals surface area contributed by atoms with Gasteiger partial charge in [-0.2, -0.15) is 0 Å². The third kappa shape index (κ3) is 3.98. The van der Waals surface area contributed by atoms with Gasteiger partial charge >= 0.3 is 0 Å². The number of amides is 2. The molecule has 0 radical (unpaired) electrons. The summed E-state index contributed by atoms with van der Waals surface area (Å²) in [4.78, 5) is 25.5. The zero-order valence-electron chi connectivity index (χ0n) is 11.8. The Kier molecular flexibility index (Phi) is 5.14. The number of carbonyl (C=O) groups excluding carboxylic acids is 2. The number of methoxy groups -OCH3 is 1. The maximum Gasteiger partial charge on any atom is 0.225 e. The molecular formula is C13H24N2O3. The molecule has 1 unspecified atom stereocenters. The van der Waals surface area contributed by atoms with Gasteiger partial charge in [0.2, 0.25) is 11.8 Å². The van der Waals surface area contributed by atoms with Gasteiger partial charge in [0.15, 0.2) is 0 Å². The summed E-state index contributed by atoms with van der Waals surface area (Å²) in [5, 5.41) is 2.85. The van der Waals surface area contributed by atoms with E-state index in [-0.39, 0.29) is 23.3 Å². The predicted octanol–water partition coefficient (Wildman–Crippen LogP) is 0.786. The Morgan fingerprint density at radius 2 is 2.17 bits per heavy atom. The normalized spacial score (nSPS) is 20.3. The molecule has 1 atom stereocenters. The average Bonchev–Trinajstić information content (AvgIpc) is 2.66. The van der Waals surface area contributed by atoms with Gasteiger partial charge < -0.3 is 15.0 Å². The van der Waals surface area contributed by atoms with Crippen LogP contribution in [-0.2, 0) is 14.3 Å². The largest absolute Gasteiger partial charge is 0.385 e. The molecule has 5 nitrogen and oxygen atoms in total. The van der Waals surface area contributed by atoms with Gasteiger partial charge in [-0.25, -0.2) is 0 Å². The molecule has 0 aromatic rings. The first-order chi connectivity index (χ1) is 8.36. The van der Waals surface area contributed by atoms with E-state index in [1.807, 2.05) is 20.8 Å². The van der Waals surface area contributed by atoms with Crippen molar-refractivity contribution in [1.82, 2.24) is 10.2 Å². The van der Waals surface area contributed by atoms with E-state index >= 15 is 0 Å². The van der Waals surface area contributed by atoms with Gasteiger partial charge in [0, 0.05) is 38.8 Å². The van der Waals surface area contributed by atoms with Crippen molar-refractivity contribution < 1.29 is 14.3 Å². The highest BCUT2D eigenvalue weighted by Gasteiger charge is 2.39. The number of rotatable bonds is 5. The summed E-state index contributed by atoms with van der Waals surface area (Å²) < 4.78 is 4.91. The second-order valence-corrected chi connectivity index (χ2v) is 5.71. The predicted molar refractivity (Wildman–Crippen MR) is 69.1 cm³/mol. The zero-order valence-corrected chi connectivity index (χ0v) is 11.8. The van der Waals surface area contributed by atoms with Gasteiger partial charge in [0.1, 0.15) is 0 Å². The Morgan fingerprint density at radius 1 is 1.50 bits per heavy atom. The summed E-state index contributed by atoms with van der Waals surface area (Å²) >= 11 is 0. The van der Waals surface area contributed by atoms with Crippen LogP contribution in [0, 0.1) is 5.92 Å². The molecule has 1 heterocycles. The summed E-state index contributed by atoms with van der Waals surface area (Å²) in [5.74, 6) is -0.162. The first-order valence-electron chi connectivity index (χ1n) is 6.43. The molecule has 1 rings (SSSR count). The number of nitrogens with zero attached hydrogens (tertiary/aromatic N) is 1. The van der Waals surface area contributed by atoms with E-state index in [1.54, 1.807) is 12.0 Å². The van der Waals surface area contributed by atoms with Crippen LogP contribution < -0.4 is 5.32 Å². The molecule has 1 N–H and O–H groups in total. The van der Waals surface area contributed by atoms with Crippen LogP contribution in [0.5, 0.6) is 0 Å². The summed E-state index contributed by atoms with van der Waals surface area (Å²) in [6.45, 7) is 7.74. The first kappa shape index (κ1) is 15.0. The van der Waals surface area contributed by atoms with Crippen LogP contribution in [0.4, 0.5) is 0 Å². The zero-order chi connectivity index (χ0) is 13.8. The molecular weight excluding hydrogens is 232 g/mol. The standard InChI is InChI=1S/C13H24N2O3/c1-13(2,3)15-9-10(8-11(15)16)12(17)14-6-5-7-18-4/h10H,5-9H2,1-4H3,(H,14,17). The molecule has 1 aliphatic rings. The van der Waals surface area contributed by atoms with Crippen LogP contribution in [0.3, 0.4) is 0 Å². The third-order valence-corrected chi connectivity index (χ3v) is 3.13. The molecule has 2 amide bonds. The van der Waals surface area contributed by atoms with E-state index < -0.39 is 0 Å². The second-order valence-electron chi connectivity index (χ2n) is 5.71. The Hall–Kier alpha value is -1.10. The number of likely N-dealkylation sites (tertiary alicyclic amines) is 1. The first-order valence-corrected chi connectivity index (χ1v) is 6.43. The number of hydrogen-bond donors (Lipinski definition) is 1. The lowest BCUT2D eigenvalue weighted by Gasteiger charge is -2.31. The summed E-state index contributed by atoms with van der Waals surface area (Å²) in [6, 6.07) is 0. The molecule has 1 fully saturated rings. The van der Waals surface area contributed by atoms with Crippen molar-refractivity contribution in [2.24, 2.45) is 5.92 Å². The number of ether oxygens (including phenoxy) is 1. The van der Waals surface area contributed by atoms with Crippen molar-refractivity contribution in [3.8, 4) is 0 Å². The lowest BCUT2D eigenvalue weighted by Crippen LogP contribution is -2.43. The molecule has 0 saturated carbocycles. The topological polar surface area (TPSA) is 58.6 Å². The third-order valence-electron chi connectivity index (χ3n) is 3.13. The van der Waals surface area contributed by atoms with E-state index in [4.69, 9.17) is 4.74 Å². The molecule has 0 spiro atoms. The van der Waals surface area contributed by atoms with Crippen LogP contribution in [0.15, 0.2) is 0 Å². The van der Waals surface area contributed by atoms with Crippen LogP contribution in [0.2, 0.25) is 0 Å². The van der Waals surface area contributed by atoms with Crippen molar-refractivity contribution in [2.75, 3.05) is 26.8 Å². The Labute approximate surface area is 109 Å². The number of carbonyl (C=O) groups is 2. The van der Waals surface area contributed by atoms with Crippen LogP contribution in [0.1, 0.15) is 33.6 Å². The highest BCUT2D eigenvalue weighted by Crippen LogP contribution is 2.25. The SMILES string of the molecule is COCCCNC(=O)C1CC(=O)N(C(C)(C)C)C1. The van der Waals surface area contributed by atoms with E-state index in [0.29, 0.717) is 26.1 Å². The molecule has 104 valence electrons. The Balaban J connectivity index is 2.41. The lowest BCUT2D eigenvalue weighted by molar-refractivity contribution is -0.132. The van der Waals surface area contributed by atoms with E-state index in [1.165, 1.54) is 0 Å². The number of hydrogen-bond acceptors (Lipinski definition) is 3. The molecule has 5 heteroatoms. The molecule has 18 heavy (non-hydrogen) atoms. The smallest absolute Gasteiger partial charge is 0.225 e. The van der Waals surface area contributed by atoms with Crippen molar-refractivity contribution in [3.63, 3.8) is 0 Å². The highest BCUT2D eigenvalue weighted by atomic mass is 16.5. The molecule has 1 aliphatic heterocycles. The van der Waals surface area contributed by atoms with Crippen molar-refractivity contribution >= 4 is 11.8 Å². The summed E-state index contributed by atoms with van der Waals surface area (Å²) in [6.07, 6.45) is 1.12. The van der Waals surface area contributed by atoms with Crippen LogP contribution >= 0.6 is 0 Å². The van der Waals surface area contributed by atoms with Crippen molar-refractivity contribution in [3.05, 3.63) is 0 Å². The van der Waals surface area contributed by atoms with E-state index in [9.17, 15) is 9.59 Å². The van der Waals surface area contributed by atoms with Crippen LogP contribution in [-0.4, -0.2) is 49.1 Å². The molecule has 0 aromatic carbocycles. The fraction of sp³-hybridized carbons (Fsp3) is 0.846. The van der Waals surface area contributed by atoms with Gasteiger partial charge in [-0.15, -0.1) is 0 Å². The van der Waals surface area contributed by atoms with Gasteiger partial charge in [-0.05, 0) is 27.2 Å². The minimum atomic E-state index is -0.209. The fourth-order valence-corrected chi connectivity index (χ4v) is 2.10. The molecule has 0 aliphatic carbocycles. The van der Waals surface area contributed by atoms with E-state index in [2.05, 4.69) is 5.32 Å². The van der Waals surface area contributed by atoms with Gasteiger partial charge in [-0.3, -0.25) is 9.59 Å². The maximum atomic E-state index is 11.9. The minimum Gasteiger partial charge on any atom is -0.385 e. The molecule has 0 bridgehead atoms. The second kappa shape index (κ2) is 6.18. The fourth-order valence-electron chi connectivity index (χ4n) is 2.10. The lowest BCUT2D eigenvalue weighted by atomic mass is 10.1. The Bertz CT molecular complexity index is 310. The van der Waals surface area contributed by atoms with Crippen molar-refractivity contribution in [2.45, 2.75) is 39.2 Å². The summed E-state index contributed by atoms with van der Waals surface area (Å²) in [7, 11) is 1.64. The van der Waals surface area contributed by atoms with Crippen molar-refractivity contribution in [1.29, 1.82) is 0 Å². The molecule has 1 saturated heterocycles. The quantitative estimate of drug-likeness (QED) is 0.740. The summed E-state index contributed by atoms with van der Waals surface area (Å²) in [5.41, 5.74) is -0.206. The van der Waals surface area contributed by atoms with E-state index in [0.717, 1.165) is 6.42 Å². The van der Waals surface area contributed by atoms with Gasteiger partial charge in [0.05, 0.1) is 5.92 Å². The Morgan fingerprint density at radius 3 is 2.67 bits per heavy atom. The van der Waals surface area contributed by atoms with Gasteiger partial charge in [0.25, 0.3) is 0 Å². The minimum absolute atomic E-state index is 0.0220. The number of nitrogens with one attached hydrogen (secondary N) is 1. The monoisotopic (exact) mass is 256 g/mol. The maximum absolute atomic E-state index is 11.9. The highest BCUT2D eigenvalue weighted by molar-refractivity contribution is 5.89. The van der Waals surface area contributed by atoms with Crippen LogP contribution in [0.25, 0.3) is 0 Å². The van der Waals surface area contributed by atoms with Gasteiger partial charge in [-0.1, -0.05) is 0 Å². The molecule has 0 aromatic heterocycles.